The Morgan fingerprint density at radius 2 is 2.25 bits per heavy atom. The van der Waals surface area contributed by atoms with Crippen LogP contribution in [0.5, 0.6) is 0 Å². The van der Waals surface area contributed by atoms with E-state index in [2.05, 4.69) is 23.9 Å². The minimum Gasteiger partial charge on any atom is -0.478 e. The van der Waals surface area contributed by atoms with Crippen molar-refractivity contribution < 1.29 is 9.90 Å². The van der Waals surface area contributed by atoms with Crippen LogP contribution >= 0.6 is 0 Å². The molecule has 0 radical (unpaired) electrons. The van der Waals surface area contributed by atoms with E-state index in [-0.39, 0.29) is 5.56 Å². The molecule has 3 N–H and O–H groups in total. The van der Waals surface area contributed by atoms with E-state index >= 15 is 0 Å². The molecule has 1 fully saturated rings. The van der Waals surface area contributed by atoms with Gasteiger partial charge in [0.05, 0.1) is 5.56 Å². The number of carboxylic acids is 1. The number of carboxylic acid groups (broad SMARTS) is 1. The first-order valence-electron chi connectivity index (χ1n) is 6.98. The summed E-state index contributed by atoms with van der Waals surface area (Å²) in [5.41, 5.74) is 7.21. The topological polar surface area (TPSA) is 69.8 Å². The van der Waals surface area contributed by atoms with Gasteiger partial charge >= 0.3 is 5.97 Å². The van der Waals surface area contributed by atoms with E-state index in [4.69, 9.17) is 5.73 Å². The second-order valence-corrected chi connectivity index (χ2v) is 5.72. The molecule has 1 aliphatic rings. The second kappa shape index (κ2) is 6.24. The Morgan fingerprint density at radius 1 is 1.50 bits per heavy atom. The molecule has 0 amide bonds. The van der Waals surface area contributed by atoms with Crippen molar-refractivity contribution in [1.29, 1.82) is 0 Å². The molecule has 1 unspecified atom stereocenters. The maximum Gasteiger partial charge on any atom is 0.338 e. The molecule has 0 aromatic heterocycles. The Morgan fingerprint density at radius 3 is 2.90 bits per heavy atom. The highest BCUT2D eigenvalue weighted by Crippen LogP contribution is 2.24. The van der Waals surface area contributed by atoms with Gasteiger partial charge in [0.1, 0.15) is 0 Å². The zero-order chi connectivity index (χ0) is 14.7. The number of nitrogens with zero attached hydrogens (tertiary/aromatic N) is 2. The third kappa shape index (κ3) is 3.29. The maximum absolute atomic E-state index is 11.4. The summed E-state index contributed by atoms with van der Waals surface area (Å²) in [7, 11) is 4.14. The van der Waals surface area contributed by atoms with Gasteiger partial charge in [0.2, 0.25) is 0 Å². The molecule has 1 aromatic carbocycles. The van der Waals surface area contributed by atoms with Crippen LogP contribution in [0.15, 0.2) is 18.2 Å². The lowest BCUT2D eigenvalue weighted by Gasteiger charge is -2.27. The molecule has 0 saturated carbocycles. The minimum atomic E-state index is -0.943. The zero-order valence-corrected chi connectivity index (χ0v) is 12.2. The van der Waals surface area contributed by atoms with E-state index in [1.807, 2.05) is 12.1 Å². The molecule has 0 bridgehead atoms. The Kier molecular flexibility index (Phi) is 4.62. The van der Waals surface area contributed by atoms with Gasteiger partial charge in [-0.25, -0.2) is 4.79 Å². The number of rotatable bonds is 5. The molecule has 0 aliphatic carbocycles. The third-order valence-corrected chi connectivity index (χ3v) is 3.85. The molecular weight excluding hydrogens is 254 g/mol. The first-order valence-corrected chi connectivity index (χ1v) is 6.98. The predicted molar refractivity (Wildman–Crippen MR) is 79.8 cm³/mol. The van der Waals surface area contributed by atoms with Crippen LogP contribution in [0, 0.1) is 0 Å². The van der Waals surface area contributed by atoms with E-state index < -0.39 is 5.97 Å². The van der Waals surface area contributed by atoms with E-state index in [0.717, 1.165) is 18.7 Å². The van der Waals surface area contributed by atoms with Crippen molar-refractivity contribution in [3.63, 3.8) is 0 Å². The van der Waals surface area contributed by atoms with E-state index in [9.17, 15) is 9.90 Å². The Bertz CT molecular complexity index is 488. The summed E-state index contributed by atoms with van der Waals surface area (Å²) in [5, 5.41) is 9.32. The average molecular weight is 277 g/mol. The molecule has 1 aliphatic heterocycles. The summed E-state index contributed by atoms with van der Waals surface area (Å²) in [6, 6.07) is 5.83. The highest BCUT2D eigenvalue weighted by molar-refractivity contribution is 5.95. The number of likely N-dealkylation sites (tertiary alicyclic amines) is 1. The number of carbonyl (C=O) groups is 1. The van der Waals surface area contributed by atoms with Gasteiger partial charge in [-0.2, -0.15) is 0 Å². The number of hydrogen-bond acceptors (Lipinski definition) is 4. The molecule has 5 nitrogen and oxygen atoms in total. The first kappa shape index (κ1) is 14.8. The summed E-state index contributed by atoms with van der Waals surface area (Å²) >= 11 is 0. The number of likely N-dealkylation sites (N-methyl/N-ethyl adjacent to an activating group) is 1. The van der Waals surface area contributed by atoms with Crippen LogP contribution in [-0.4, -0.2) is 54.1 Å². The van der Waals surface area contributed by atoms with Crippen LogP contribution in [0.2, 0.25) is 0 Å². The Balaban J connectivity index is 2.17. The lowest BCUT2D eigenvalue weighted by atomic mass is 10.0. The van der Waals surface area contributed by atoms with E-state index in [1.165, 1.54) is 12.8 Å². The molecule has 2 rings (SSSR count). The maximum atomic E-state index is 11.4. The number of aromatic carboxylic acids is 1. The van der Waals surface area contributed by atoms with Gasteiger partial charge in [0, 0.05) is 24.8 Å². The highest BCUT2D eigenvalue weighted by Gasteiger charge is 2.26. The lowest BCUT2D eigenvalue weighted by Crippen LogP contribution is -2.37. The molecule has 1 aromatic rings. The molecule has 20 heavy (non-hydrogen) atoms. The van der Waals surface area contributed by atoms with Crippen LogP contribution in [0.4, 0.5) is 5.69 Å². The molecule has 1 atom stereocenters. The van der Waals surface area contributed by atoms with Crippen molar-refractivity contribution in [1.82, 2.24) is 9.80 Å². The fourth-order valence-electron chi connectivity index (χ4n) is 2.96. The summed E-state index contributed by atoms with van der Waals surface area (Å²) in [6.45, 7) is 2.68. The number of benzene rings is 1. The summed E-state index contributed by atoms with van der Waals surface area (Å²) in [5.74, 6) is -0.943. The number of nitrogen functional groups attached to an aromatic ring is 1. The standard InChI is InChI=1S/C15H23N3O2/c1-17(2)10-12-6-4-8-18(12)9-11-5-3-7-13(16)14(11)15(19)20/h3,5,7,12H,4,6,8-10,16H2,1-2H3,(H,19,20). The van der Waals surface area contributed by atoms with Crippen molar-refractivity contribution >= 4 is 11.7 Å². The van der Waals surface area contributed by atoms with Crippen molar-refractivity contribution in [3.8, 4) is 0 Å². The fourth-order valence-corrected chi connectivity index (χ4v) is 2.96. The van der Waals surface area contributed by atoms with Crippen LogP contribution in [0.1, 0.15) is 28.8 Å². The quantitative estimate of drug-likeness (QED) is 0.798. The SMILES string of the molecule is CN(C)CC1CCCN1Cc1cccc(N)c1C(=O)O. The van der Waals surface area contributed by atoms with Gasteiger partial charge in [0.25, 0.3) is 0 Å². The van der Waals surface area contributed by atoms with Crippen LogP contribution in [0.25, 0.3) is 0 Å². The number of nitrogens with two attached hydrogens (primary N) is 1. The monoisotopic (exact) mass is 277 g/mol. The van der Waals surface area contributed by atoms with Crippen molar-refractivity contribution in [3.05, 3.63) is 29.3 Å². The molecule has 110 valence electrons. The van der Waals surface area contributed by atoms with Crippen molar-refractivity contribution in [2.45, 2.75) is 25.4 Å². The van der Waals surface area contributed by atoms with Crippen LogP contribution in [0.3, 0.4) is 0 Å². The van der Waals surface area contributed by atoms with Gasteiger partial charge in [0.15, 0.2) is 0 Å². The highest BCUT2D eigenvalue weighted by atomic mass is 16.4. The van der Waals surface area contributed by atoms with E-state index in [1.54, 1.807) is 6.07 Å². The van der Waals surface area contributed by atoms with Crippen molar-refractivity contribution in [2.24, 2.45) is 0 Å². The van der Waals surface area contributed by atoms with Crippen LogP contribution < -0.4 is 5.73 Å². The molecule has 1 saturated heterocycles. The van der Waals surface area contributed by atoms with Gasteiger partial charge in [-0.3, -0.25) is 4.90 Å². The van der Waals surface area contributed by atoms with E-state index in [0.29, 0.717) is 18.3 Å². The minimum absolute atomic E-state index is 0.253. The third-order valence-electron chi connectivity index (χ3n) is 3.85. The average Bonchev–Trinajstić information content (AvgIpc) is 2.75. The van der Waals surface area contributed by atoms with Crippen LogP contribution in [-0.2, 0) is 6.54 Å². The smallest absolute Gasteiger partial charge is 0.338 e. The number of anilines is 1. The zero-order valence-electron chi connectivity index (χ0n) is 12.2. The van der Waals surface area contributed by atoms with Gasteiger partial charge in [-0.1, -0.05) is 12.1 Å². The molecule has 0 spiro atoms. The normalized spacial score (nSPS) is 19.6. The predicted octanol–water partition coefficient (Wildman–Crippen LogP) is 1.49. The Hall–Kier alpha value is -1.59. The lowest BCUT2D eigenvalue weighted by molar-refractivity contribution is 0.0695. The largest absolute Gasteiger partial charge is 0.478 e. The number of hydrogen-bond donors (Lipinski definition) is 2. The Labute approximate surface area is 120 Å². The van der Waals surface area contributed by atoms with Gasteiger partial charge in [-0.15, -0.1) is 0 Å². The summed E-state index contributed by atoms with van der Waals surface area (Å²) < 4.78 is 0. The second-order valence-electron chi connectivity index (χ2n) is 5.72. The summed E-state index contributed by atoms with van der Waals surface area (Å²) in [4.78, 5) is 15.9. The molecular formula is C15H23N3O2. The fraction of sp³-hybridized carbons (Fsp3) is 0.533. The molecule has 5 heteroatoms. The first-order chi connectivity index (χ1) is 9.49. The van der Waals surface area contributed by atoms with Gasteiger partial charge in [-0.05, 0) is 45.1 Å². The summed E-state index contributed by atoms with van der Waals surface area (Å²) in [6.07, 6.45) is 2.34. The molecule has 1 heterocycles. The van der Waals surface area contributed by atoms with Crippen molar-refractivity contribution in [2.75, 3.05) is 32.9 Å². The van der Waals surface area contributed by atoms with Gasteiger partial charge < -0.3 is 15.7 Å².